The Hall–Kier alpha value is -1.42. The standard InChI is InChI=1S/C12H12ClFO3/c1-7(3-11(15)17-2)12(16)8-4-9(13)6-10(14)5-8/h4-7H,3H2,1-2H3. The van der Waals surface area contributed by atoms with Crippen molar-refractivity contribution in [2.75, 3.05) is 7.11 Å². The van der Waals surface area contributed by atoms with Gasteiger partial charge in [0.1, 0.15) is 5.82 Å². The van der Waals surface area contributed by atoms with Crippen molar-refractivity contribution in [2.24, 2.45) is 5.92 Å². The number of esters is 1. The van der Waals surface area contributed by atoms with Crippen molar-refractivity contribution >= 4 is 23.4 Å². The van der Waals surface area contributed by atoms with Gasteiger partial charge in [0.15, 0.2) is 5.78 Å². The van der Waals surface area contributed by atoms with Gasteiger partial charge in [-0.25, -0.2) is 4.39 Å². The summed E-state index contributed by atoms with van der Waals surface area (Å²) in [7, 11) is 1.25. The Labute approximate surface area is 104 Å². The number of rotatable bonds is 4. The molecule has 0 aliphatic heterocycles. The van der Waals surface area contributed by atoms with Crippen LogP contribution >= 0.6 is 11.6 Å². The monoisotopic (exact) mass is 258 g/mol. The molecule has 1 unspecified atom stereocenters. The van der Waals surface area contributed by atoms with Gasteiger partial charge in [0, 0.05) is 16.5 Å². The molecule has 3 nitrogen and oxygen atoms in total. The first-order valence-electron chi connectivity index (χ1n) is 5.01. The summed E-state index contributed by atoms with van der Waals surface area (Å²) in [6.45, 7) is 1.58. The molecule has 1 rings (SSSR count). The van der Waals surface area contributed by atoms with Crippen molar-refractivity contribution in [3.05, 3.63) is 34.6 Å². The number of methoxy groups -OCH3 is 1. The van der Waals surface area contributed by atoms with Crippen LogP contribution in [0.25, 0.3) is 0 Å². The molecule has 0 N–H and O–H groups in total. The number of halogens is 2. The molecule has 1 aromatic carbocycles. The zero-order chi connectivity index (χ0) is 13.0. The van der Waals surface area contributed by atoms with Crippen molar-refractivity contribution in [1.29, 1.82) is 0 Å². The third-order valence-electron chi connectivity index (χ3n) is 2.30. The second-order valence-corrected chi connectivity index (χ2v) is 4.14. The van der Waals surface area contributed by atoms with Crippen LogP contribution in [0, 0.1) is 11.7 Å². The highest BCUT2D eigenvalue weighted by atomic mass is 35.5. The summed E-state index contributed by atoms with van der Waals surface area (Å²) < 4.78 is 17.5. The molecule has 0 amide bonds. The summed E-state index contributed by atoms with van der Waals surface area (Å²) in [6.07, 6.45) is -0.0382. The molecule has 92 valence electrons. The molecular formula is C12H12ClFO3. The van der Waals surface area contributed by atoms with Gasteiger partial charge in [-0.1, -0.05) is 18.5 Å². The smallest absolute Gasteiger partial charge is 0.306 e. The average Bonchev–Trinajstić information content (AvgIpc) is 2.26. The SMILES string of the molecule is COC(=O)CC(C)C(=O)c1cc(F)cc(Cl)c1. The minimum atomic E-state index is -0.578. The molecule has 0 aromatic heterocycles. The van der Waals surface area contributed by atoms with Gasteiger partial charge in [-0.05, 0) is 18.2 Å². The summed E-state index contributed by atoms with van der Waals surface area (Å²) in [5.74, 6) is -1.96. The molecule has 0 aliphatic carbocycles. The van der Waals surface area contributed by atoms with E-state index in [2.05, 4.69) is 4.74 Å². The molecule has 1 atom stereocenters. The first-order valence-corrected chi connectivity index (χ1v) is 5.39. The Kier molecular flexibility index (Phi) is 4.63. The summed E-state index contributed by atoms with van der Waals surface area (Å²) in [6, 6.07) is 3.59. The van der Waals surface area contributed by atoms with Gasteiger partial charge in [-0.2, -0.15) is 0 Å². The molecule has 0 bridgehead atoms. The Morgan fingerprint density at radius 2 is 2.06 bits per heavy atom. The molecule has 0 radical (unpaired) electrons. The Morgan fingerprint density at radius 1 is 1.41 bits per heavy atom. The highest BCUT2D eigenvalue weighted by Gasteiger charge is 2.19. The van der Waals surface area contributed by atoms with Crippen LogP contribution in [0.4, 0.5) is 4.39 Å². The second kappa shape index (κ2) is 5.77. The van der Waals surface area contributed by atoms with Crippen LogP contribution in [0.5, 0.6) is 0 Å². The minimum Gasteiger partial charge on any atom is -0.469 e. The van der Waals surface area contributed by atoms with E-state index in [0.717, 1.165) is 12.1 Å². The fourth-order valence-electron chi connectivity index (χ4n) is 1.41. The fourth-order valence-corrected chi connectivity index (χ4v) is 1.63. The zero-order valence-electron chi connectivity index (χ0n) is 9.50. The first kappa shape index (κ1) is 13.6. The van der Waals surface area contributed by atoms with E-state index in [1.165, 1.54) is 13.2 Å². The minimum absolute atomic E-state index is 0.0382. The van der Waals surface area contributed by atoms with Crippen LogP contribution in [0.2, 0.25) is 5.02 Å². The quantitative estimate of drug-likeness (QED) is 0.616. The molecule has 5 heteroatoms. The van der Waals surface area contributed by atoms with E-state index in [-0.39, 0.29) is 22.8 Å². The van der Waals surface area contributed by atoms with E-state index < -0.39 is 17.7 Å². The predicted octanol–water partition coefficient (Wildman–Crippen LogP) is 2.86. The molecule has 0 fully saturated rings. The Balaban J connectivity index is 2.85. The molecule has 0 saturated heterocycles. The van der Waals surface area contributed by atoms with Gasteiger partial charge in [0.05, 0.1) is 13.5 Å². The number of hydrogen-bond acceptors (Lipinski definition) is 3. The number of carbonyl (C=O) groups excluding carboxylic acids is 2. The maximum absolute atomic E-state index is 13.1. The largest absolute Gasteiger partial charge is 0.469 e. The lowest BCUT2D eigenvalue weighted by Crippen LogP contribution is -2.16. The van der Waals surface area contributed by atoms with E-state index in [1.807, 2.05) is 0 Å². The summed E-state index contributed by atoms with van der Waals surface area (Å²) in [5, 5.41) is 0.151. The number of ketones is 1. The first-order chi connectivity index (χ1) is 7.93. The molecule has 0 aliphatic rings. The second-order valence-electron chi connectivity index (χ2n) is 3.70. The summed E-state index contributed by atoms with van der Waals surface area (Å²) in [5.41, 5.74) is 0.159. The lowest BCUT2D eigenvalue weighted by molar-refractivity contribution is -0.141. The summed E-state index contributed by atoms with van der Waals surface area (Å²) in [4.78, 5) is 22.9. The van der Waals surface area contributed by atoms with Gasteiger partial charge in [0.2, 0.25) is 0 Å². The van der Waals surface area contributed by atoms with Gasteiger partial charge in [0.25, 0.3) is 0 Å². The van der Waals surface area contributed by atoms with Gasteiger partial charge in [-0.3, -0.25) is 9.59 Å². The van der Waals surface area contributed by atoms with E-state index in [9.17, 15) is 14.0 Å². The van der Waals surface area contributed by atoms with Crippen LogP contribution < -0.4 is 0 Å². The van der Waals surface area contributed by atoms with Crippen molar-refractivity contribution < 1.29 is 18.7 Å². The summed E-state index contributed by atoms with van der Waals surface area (Å²) >= 11 is 5.65. The van der Waals surface area contributed by atoms with Crippen LogP contribution in [0.15, 0.2) is 18.2 Å². The van der Waals surface area contributed by atoms with Gasteiger partial charge >= 0.3 is 5.97 Å². The van der Waals surface area contributed by atoms with Gasteiger partial charge < -0.3 is 4.74 Å². The molecule has 17 heavy (non-hydrogen) atoms. The predicted molar refractivity (Wildman–Crippen MR) is 61.5 cm³/mol. The van der Waals surface area contributed by atoms with Crippen molar-refractivity contribution in [3.8, 4) is 0 Å². The lowest BCUT2D eigenvalue weighted by atomic mass is 9.96. The van der Waals surface area contributed by atoms with Crippen molar-refractivity contribution in [1.82, 2.24) is 0 Å². The zero-order valence-corrected chi connectivity index (χ0v) is 10.3. The van der Waals surface area contributed by atoms with Crippen LogP contribution in [0.1, 0.15) is 23.7 Å². The normalized spacial score (nSPS) is 12.0. The number of benzene rings is 1. The Morgan fingerprint density at radius 3 is 2.59 bits per heavy atom. The van der Waals surface area contributed by atoms with Crippen LogP contribution in [-0.4, -0.2) is 18.9 Å². The molecule has 0 heterocycles. The third-order valence-corrected chi connectivity index (χ3v) is 2.51. The maximum atomic E-state index is 13.1. The van der Waals surface area contributed by atoms with E-state index in [4.69, 9.17) is 11.6 Å². The molecular weight excluding hydrogens is 247 g/mol. The lowest BCUT2D eigenvalue weighted by Gasteiger charge is -2.09. The van der Waals surface area contributed by atoms with Crippen molar-refractivity contribution in [2.45, 2.75) is 13.3 Å². The van der Waals surface area contributed by atoms with Crippen LogP contribution in [-0.2, 0) is 9.53 Å². The maximum Gasteiger partial charge on any atom is 0.306 e. The van der Waals surface area contributed by atoms with Crippen LogP contribution in [0.3, 0.4) is 0 Å². The average molecular weight is 259 g/mol. The topological polar surface area (TPSA) is 43.4 Å². The number of hydrogen-bond donors (Lipinski definition) is 0. The van der Waals surface area contributed by atoms with E-state index >= 15 is 0 Å². The van der Waals surface area contributed by atoms with Gasteiger partial charge in [-0.15, -0.1) is 0 Å². The number of Topliss-reactive ketones (excluding diaryl/α,β-unsaturated/α-hetero) is 1. The highest BCUT2D eigenvalue weighted by Crippen LogP contribution is 2.18. The number of ether oxygens (including phenoxy) is 1. The van der Waals surface area contributed by atoms with E-state index in [0.29, 0.717) is 0 Å². The molecule has 0 spiro atoms. The third kappa shape index (κ3) is 3.82. The highest BCUT2D eigenvalue weighted by molar-refractivity contribution is 6.31. The molecule has 0 saturated carbocycles. The van der Waals surface area contributed by atoms with Crippen molar-refractivity contribution in [3.63, 3.8) is 0 Å². The fraction of sp³-hybridized carbons (Fsp3) is 0.333. The Bertz CT molecular complexity index is 425. The van der Waals surface area contributed by atoms with E-state index in [1.54, 1.807) is 6.92 Å². The number of carbonyl (C=O) groups is 2. The molecule has 1 aromatic rings.